The van der Waals surface area contributed by atoms with Crippen LogP contribution >= 0.6 is 0 Å². The molecule has 0 radical (unpaired) electrons. The SMILES string of the molecule is COc1cccc(-c2cc(C(=O)NCc3ccccc3)n(C)n2)c1. The first-order chi connectivity index (χ1) is 11.7. The van der Waals surface area contributed by atoms with Crippen LogP contribution in [0.15, 0.2) is 60.7 Å². The van der Waals surface area contributed by atoms with Gasteiger partial charge in [0, 0.05) is 19.2 Å². The maximum Gasteiger partial charge on any atom is 0.269 e. The summed E-state index contributed by atoms with van der Waals surface area (Å²) in [4.78, 5) is 12.4. The van der Waals surface area contributed by atoms with Gasteiger partial charge >= 0.3 is 0 Å². The largest absolute Gasteiger partial charge is 0.497 e. The second-order valence-electron chi connectivity index (χ2n) is 5.44. The fourth-order valence-electron chi connectivity index (χ4n) is 2.47. The number of hydrogen-bond donors (Lipinski definition) is 1. The normalized spacial score (nSPS) is 10.4. The van der Waals surface area contributed by atoms with Crippen LogP contribution in [0.5, 0.6) is 5.75 Å². The van der Waals surface area contributed by atoms with Crippen molar-refractivity contribution in [1.29, 1.82) is 0 Å². The zero-order valence-corrected chi connectivity index (χ0v) is 13.7. The van der Waals surface area contributed by atoms with Gasteiger partial charge in [-0.3, -0.25) is 9.48 Å². The minimum absolute atomic E-state index is 0.150. The highest BCUT2D eigenvalue weighted by molar-refractivity contribution is 5.93. The number of rotatable bonds is 5. The van der Waals surface area contributed by atoms with Crippen molar-refractivity contribution in [3.05, 3.63) is 71.9 Å². The zero-order chi connectivity index (χ0) is 16.9. The molecule has 0 aliphatic rings. The molecule has 1 amide bonds. The van der Waals surface area contributed by atoms with Gasteiger partial charge in [-0.15, -0.1) is 0 Å². The zero-order valence-electron chi connectivity index (χ0n) is 13.7. The lowest BCUT2D eigenvalue weighted by Gasteiger charge is -2.05. The van der Waals surface area contributed by atoms with E-state index in [1.807, 2.05) is 54.6 Å². The molecule has 3 rings (SSSR count). The highest BCUT2D eigenvalue weighted by Crippen LogP contribution is 2.23. The molecule has 0 unspecified atom stereocenters. The molecule has 5 heteroatoms. The summed E-state index contributed by atoms with van der Waals surface area (Å²) in [5.41, 5.74) is 3.22. The monoisotopic (exact) mass is 321 g/mol. The van der Waals surface area contributed by atoms with E-state index >= 15 is 0 Å². The summed E-state index contributed by atoms with van der Waals surface area (Å²) in [6.07, 6.45) is 0. The molecule has 0 aliphatic carbocycles. The van der Waals surface area contributed by atoms with Gasteiger partial charge in [-0.1, -0.05) is 42.5 Å². The summed E-state index contributed by atoms with van der Waals surface area (Å²) in [7, 11) is 3.39. The molecular weight excluding hydrogens is 302 g/mol. The lowest BCUT2D eigenvalue weighted by molar-refractivity contribution is 0.0941. The maximum atomic E-state index is 12.4. The molecular formula is C19H19N3O2. The maximum absolute atomic E-state index is 12.4. The first kappa shape index (κ1) is 15.8. The number of aryl methyl sites for hydroxylation is 1. The van der Waals surface area contributed by atoms with Crippen molar-refractivity contribution in [2.75, 3.05) is 7.11 Å². The van der Waals surface area contributed by atoms with Crippen molar-refractivity contribution >= 4 is 5.91 Å². The molecule has 24 heavy (non-hydrogen) atoms. The van der Waals surface area contributed by atoms with Crippen LogP contribution in [-0.4, -0.2) is 22.8 Å². The van der Waals surface area contributed by atoms with Gasteiger partial charge in [-0.25, -0.2) is 0 Å². The summed E-state index contributed by atoms with van der Waals surface area (Å²) in [6, 6.07) is 19.2. The Labute approximate surface area is 140 Å². The number of methoxy groups -OCH3 is 1. The van der Waals surface area contributed by atoms with E-state index in [1.54, 1.807) is 24.9 Å². The smallest absolute Gasteiger partial charge is 0.269 e. The molecule has 122 valence electrons. The number of ether oxygens (including phenoxy) is 1. The van der Waals surface area contributed by atoms with E-state index in [2.05, 4.69) is 10.4 Å². The van der Waals surface area contributed by atoms with E-state index in [4.69, 9.17) is 4.74 Å². The minimum Gasteiger partial charge on any atom is -0.497 e. The van der Waals surface area contributed by atoms with Crippen molar-refractivity contribution in [1.82, 2.24) is 15.1 Å². The van der Waals surface area contributed by atoms with Crippen LogP contribution in [0.1, 0.15) is 16.1 Å². The van der Waals surface area contributed by atoms with E-state index in [9.17, 15) is 4.79 Å². The summed E-state index contributed by atoms with van der Waals surface area (Å²) < 4.78 is 6.83. The molecule has 0 atom stereocenters. The Balaban J connectivity index is 1.77. The van der Waals surface area contributed by atoms with E-state index < -0.39 is 0 Å². The number of amides is 1. The molecule has 1 aromatic heterocycles. The van der Waals surface area contributed by atoms with Gasteiger partial charge in [0.05, 0.1) is 12.8 Å². The predicted octanol–water partition coefficient (Wildman–Crippen LogP) is 3.03. The Hall–Kier alpha value is -3.08. The molecule has 0 saturated carbocycles. The third-order valence-electron chi connectivity index (χ3n) is 3.77. The Bertz CT molecular complexity index is 841. The molecule has 0 fully saturated rings. The fraction of sp³-hybridized carbons (Fsp3) is 0.158. The van der Waals surface area contributed by atoms with E-state index in [-0.39, 0.29) is 5.91 Å². The third-order valence-corrected chi connectivity index (χ3v) is 3.77. The first-order valence-corrected chi connectivity index (χ1v) is 7.68. The van der Waals surface area contributed by atoms with Gasteiger partial charge in [0.2, 0.25) is 0 Å². The Morgan fingerprint density at radius 3 is 2.67 bits per heavy atom. The van der Waals surface area contributed by atoms with E-state index in [1.165, 1.54) is 0 Å². The van der Waals surface area contributed by atoms with Crippen molar-refractivity contribution in [3.63, 3.8) is 0 Å². The molecule has 0 bridgehead atoms. The van der Waals surface area contributed by atoms with Crippen LogP contribution in [-0.2, 0) is 13.6 Å². The number of benzene rings is 2. The van der Waals surface area contributed by atoms with Crippen LogP contribution in [0.2, 0.25) is 0 Å². The van der Waals surface area contributed by atoms with Gasteiger partial charge in [-0.05, 0) is 23.8 Å². The van der Waals surface area contributed by atoms with Crippen LogP contribution < -0.4 is 10.1 Å². The highest BCUT2D eigenvalue weighted by Gasteiger charge is 2.14. The molecule has 0 spiro atoms. The first-order valence-electron chi connectivity index (χ1n) is 7.68. The Morgan fingerprint density at radius 2 is 1.92 bits per heavy atom. The number of carbonyl (C=O) groups excluding carboxylic acids is 1. The van der Waals surface area contributed by atoms with Crippen LogP contribution in [0.25, 0.3) is 11.3 Å². The summed E-state index contributed by atoms with van der Waals surface area (Å²) in [5.74, 6) is 0.608. The lowest BCUT2D eigenvalue weighted by Crippen LogP contribution is -2.25. The standard InChI is InChI=1S/C19H19N3O2/c1-22-18(19(23)20-13-14-7-4-3-5-8-14)12-17(21-22)15-9-6-10-16(11-15)24-2/h3-12H,13H2,1-2H3,(H,20,23). The van der Waals surface area contributed by atoms with Crippen molar-refractivity contribution in [2.45, 2.75) is 6.54 Å². The molecule has 3 aromatic rings. The van der Waals surface area contributed by atoms with Crippen LogP contribution in [0, 0.1) is 0 Å². The molecule has 2 aromatic carbocycles. The quantitative estimate of drug-likeness (QED) is 0.786. The topological polar surface area (TPSA) is 56.1 Å². The third kappa shape index (κ3) is 3.46. The fourth-order valence-corrected chi connectivity index (χ4v) is 2.47. The van der Waals surface area contributed by atoms with Crippen molar-refractivity contribution < 1.29 is 9.53 Å². The van der Waals surface area contributed by atoms with Crippen LogP contribution in [0.4, 0.5) is 0 Å². The number of carbonyl (C=O) groups is 1. The lowest BCUT2D eigenvalue weighted by atomic mass is 10.1. The second-order valence-corrected chi connectivity index (χ2v) is 5.44. The summed E-state index contributed by atoms with van der Waals surface area (Å²) in [6.45, 7) is 0.485. The predicted molar refractivity (Wildman–Crippen MR) is 92.8 cm³/mol. The average Bonchev–Trinajstić information content (AvgIpc) is 3.02. The van der Waals surface area contributed by atoms with Crippen molar-refractivity contribution in [2.24, 2.45) is 7.05 Å². The van der Waals surface area contributed by atoms with Gasteiger partial charge in [-0.2, -0.15) is 5.10 Å². The minimum atomic E-state index is -0.150. The summed E-state index contributed by atoms with van der Waals surface area (Å²) in [5, 5.41) is 7.35. The van der Waals surface area contributed by atoms with E-state index in [0.717, 1.165) is 22.6 Å². The second kappa shape index (κ2) is 7.00. The van der Waals surface area contributed by atoms with E-state index in [0.29, 0.717) is 12.2 Å². The number of nitrogens with one attached hydrogen (secondary N) is 1. The average molecular weight is 321 g/mol. The molecule has 0 aliphatic heterocycles. The Morgan fingerprint density at radius 1 is 1.12 bits per heavy atom. The van der Waals surface area contributed by atoms with Gasteiger partial charge in [0.25, 0.3) is 5.91 Å². The number of nitrogens with zero attached hydrogens (tertiary/aromatic N) is 2. The number of hydrogen-bond acceptors (Lipinski definition) is 3. The summed E-state index contributed by atoms with van der Waals surface area (Å²) >= 11 is 0. The molecule has 1 N–H and O–H groups in total. The number of aromatic nitrogens is 2. The Kier molecular flexibility index (Phi) is 4.61. The van der Waals surface area contributed by atoms with Crippen molar-refractivity contribution in [3.8, 4) is 17.0 Å². The molecule has 5 nitrogen and oxygen atoms in total. The van der Waals surface area contributed by atoms with Crippen LogP contribution in [0.3, 0.4) is 0 Å². The van der Waals surface area contributed by atoms with Gasteiger partial charge in [0.1, 0.15) is 11.4 Å². The molecule has 0 saturated heterocycles. The van der Waals surface area contributed by atoms with Gasteiger partial charge < -0.3 is 10.1 Å². The van der Waals surface area contributed by atoms with Gasteiger partial charge in [0.15, 0.2) is 0 Å². The molecule has 1 heterocycles. The highest BCUT2D eigenvalue weighted by atomic mass is 16.5.